The molecule has 1 heterocycles. The van der Waals surface area contributed by atoms with Crippen LogP contribution < -0.4 is 4.72 Å². The number of hydrogen-bond acceptors (Lipinski definition) is 3. The van der Waals surface area contributed by atoms with E-state index in [0.29, 0.717) is 25.4 Å². The molecule has 1 aliphatic rings. The predicted molar refractivity (Wildman–Crippen MR) is 72.4 cm³/mol. The molecule has 18 heavy (non-hydrogen) atoms. The maximum atomic E-state index is 12.0. The fraction of sp³-hybridized carbons (Fsp3) is 1.00. The normalized spacial score (nSPS) is 22.9. The van der Waals surface area contributed by atoms with E-state index in [1.807, 2.05) is 6.92 Å². The number of piperidine rings is 1. The molecule has 108 valence electrons. The first-order valence-electron chi connectivity index (χ1n) is 6.74. The molecule has 1 fully saturated rings. The second-order valence-electron chi connectivity index (χ2n) is 5.65. The van der Waals surface area contributed by atoms with E-state index in [1.54, 1.807) is 6.92 Å². The molecule has 0 aromatic heterocycles. The molecule has 1 rings (SSSR count). The predicted octanol–water partition coefficient (Wildman–Crippen LogP) is 1.10. The smallest absolute Gasteiger partial charge is 0.279 e. The van der Waals surface area contributed by atoms with Crippen molar-refractivity contribution in [1.29, 1.82) is 0 Å². The van der Waals surface area contributed by atoms with E-state index in [4.69, 9.17) is 0 Å². The number of aliphatic hydroxyl groups is 1. The summed E-state index contributed by atoms with van der Waals surface area (Å²) in [5.41, 5.74) is -0.967. The summed E-state index contributed by atoms with van der Waals surface area (Å²) >= 11 is 0. The van der Waals surface area contributed by atoms with E-state index in [0.717, 1.165) is 19.3 Å². The van der Waals surface area contributed by atoms with Gasteiger partial charge >= 0.3 is 0 Å². The minimum atomic E-state index is -3.43. The summed E-state index contributed by atoms with van der Waals surface area (Å²) in [6.07, 6.45) is 3.24. The lowest BCUT2D eigenvalue weighted by molar-refractivity contribution is 0.0549. The Hall–Kier alpha value is -0.170. The minimum Gasteiger partial charge on any atom is -0.389 e. The first-order valence-corrected chi connectivity index (χ1v) is 8.18. The van der Waals surface area contributed by atoms with Gasteiger partial charge in [0.05, 0.1) is 5.60 Å². The van der Waals surface area contributed by atoms with E-state index in [-0.39, 0.29) is 6.54 Å². The zero-order chi connectivity index (χ0) is 13.8. The van der Waals surface area contributed by atoms with Crippen molar-refractivity contribution < 1.29 is 13.5 Å². The summed E-state index contributed by atoms with van der Waals surface area (Å²) in [7, 11) is -3.43. The summed E-state index contributed by atoms with van der Waals surface area (Å²) in [4.78, 5) is 0. The van der Waals surface area contributed by atoms with E-state index in [9.17, 15) is 13.5 Å². The molecule has 0 spiro atoms. The van der Waals surface area contributed by atoms with Gasteiger partial charge in [-0.15, -0.1) is 0 Å². The van der Waals surface area contributed by atoms with Crippen LogP contribution in [0.25, 0.3) is 0 Å². The van der Waals surface area contributed by atoms with Gasteiger partial charge in [-0.3, -0.25) is 0 Å². The van der Waals surface area contributed by atoms with E-state index >= 15 is 0 Å². The molecule has 0 amide bonds. The highest BCUT2D eigenvalue weighted by Gasteiger charge is 2.28. The number of nitrogens with zero attached hydrogens (tertiary/aromatic N) is 1. The Balaban J connectivity index is 2.50. The summed E-state index contributed by atoms with van der Waals surface area (Å²) in [6.45, 7) is 7.00. The van der Waals surface area contributed by atoms with Gasteiger partial charge in [-0.05, 0) is 32.1 Å². The molecular weight excluding hydrogens is 252 g/mol. The zero-order valence-corrected chi connectivity index (χ0v) is 12.5. The van der Waals surface area contributed by atoms with Crippen molar-refractivity contribution in [3.63, 3.8) is 0 Å². The standard InChI is InChI=1S/C12H26N2O3S/c1-4-7-12(3,15)10-13-18(16,17)14-8-5-11(2)6-9-14/h11,13,15H,4-10H2,1-3H3. The second-order valence-corrected chi connectivity index (χ2v) is 7.41. The average molecular weight is 278 g/mol. The largest absolute Gasteiger partial charge is 0.389 e. The summed E-state index contributed by atoms with van der Waals surface area (Å²) in [5.74, 6) is 0.597. The SMILES string of the molecule is CCCC(C)(O)CNS(=O)(=O)N1CCC(C)CC1. The molecule has 5 nitrogen and oxygen atoms in total. The highest BCUT2D eigenvalue weighted by molar-refractivity contribution is 7.87. The van der Waals surface area contributed by atoms with E-state index in [2.05, 4.69) is 11.6 Å². The molecule has 6 heteroatoms. The van der Waals surface area contributed by atoms with Crippen LogP contribution in [0.5, 0.6) is 0 Å². The lowest BCUT2D eigenvalue weighted by Gasteiger charge is -2.31. The lowest BCUT2D eigenvalue weighted by atomic mass is 10.0. The Bertz CT molecular complexity index is 346. The minimum absolute atomic E-state index is 0.0786. The van der Waals surface area contributed by atoms with Gasteiger partial charge in [-0.2, -0.15) is 17.4 Å². The van der Waals surface area contributed by atoms with Gasteiger partial charge in [0.1, 0.15) is 0 Å². The maximum Gasteiger partial charge on any atom is 0.279 e. The Morgan fingerprint density at radius 2 is 1.94 bits per heavy atom. The average Bonchev–Trinajstić information content (AvgIpc) is 2.27. The van der Waals surface area contributed by atoms with Gasteiger partial charge < -0.3 is 5.11 Å². The van der Waals surface area contributed by atoms with E-state index < -0.39 is 15.8 Å². The molecule has 1 aliphatic heterocycles. The van der Waals surface area contributed by atoms with Crippen LogP contribution in [-0.4, -0.2) is 43.1 Å². The van der Waals surface area contributed by atoms with Crippen molar-refractivity contribution in [2.75, 3.05) is 19.6 Å². The summed E-state index contributed by atoms with van der Waals surface area (Å²) in [6, 6.07) is 0. The van der Waals surface area contributed by atoms with Crippen LogP contribution >= 0.6 is 0 Å². The Kier molecular flexibility index (Phi) is 5.58. The van der Waals surface area contributed by atoms with Crippen molar-refractivity contribution >= 4 is 10.2 Å². The Morgan fingerprint density at radius 1 is 1.39 bits per heavy atom. The first kappa shape index (κ1) is 15.9. The van der Waals surface area contributed by atoms with Gasteiger partial charge in [0.15, 0.2) is 0 Å². The third-order valence-corrected chi connectivity index (χ3v) is 5.06. The molecule has 0 aliphatic carbocycles. The van der Waals surface area contributed by atoms with Crippen molar-refractivity contribution in [3.8, 4) is 0 Å². The van der Waals surface area contributed by atoms with Crippen molar-refractivity contribution in [3.05, 3.63) is 0 Å². The van der Waals surface area contributed by atoms with Gasteiger partial charge in [0.25, 0.3) is 10.2 Å². The molecular formula is C12H26N2O3S. The Labute approximate surface area is 111 Å². The van der Waals surface area contributed by atoms with Crippen LogP contribution in [0.3, 0.4) is 0 Å². The first-order chi connectivity index (χ1) is 8.27. The van der Waals surface area contributed by atoms with Gasteiger partial charge in [-0.25, -0.2) is 0 Å². The monoisotopic (exact) mass is 278 g/mol. The Morgan fingerprint density at radius 3 is 2.44 bits per heavy atom. The molecule has 0 bridgehead atoms. The van der Waals surface area contributed by atoms with Gasteiger partial charge in [0, 0.05) is 19.6 Å². The molecule has 1 unspecified atom stereocenters. The van der Waals surface area contributed by atoms with Crippen molar-refractivity contribution in [2.24, 2.45) is 5.92 Å². The topological polar surface area (TPSA) is 69.6 Å². The van der Waals surface area contributed by atoms with Crippen LogP contribution in [0.1, 0.15) is 46.5 Å². The van der Waals surface area contributed by atoms with Crippen LogP contribution in [0, 0.1) is 5.92 Å². The summed E-state index contributed by atoms with van der Waals surface area (Å²) in [5, 5.41) is 9.97. The quantitative estimate of drug-likeness (QED) is 0.764. The lowest BCUT2D eigenvalue weighted by Crippen LogP contribution is -2.49. The van der Waals surface area contributed by atoms with Gasteiger partial charge in [0.2, 0.25) is 0 Å². The molecule has 0 aromatic rings. The fourth-order valence-electron chi connectivity index (χ4n) is 2.19. The van der Waals surface area contributed by atoms with E-state index in [1.165, 1.54) is 4.31 Å². The third kappa shape index (κ3) is 4.84. The highest BCUT2D eigenvalue weighted by atomic mass is 32.2. The molecule has 0 radical (unpaired) electrons. The van der Waals surface area contributed by atoms with Crippen LogP contribution in [-0.2, 0) is 10.2 Å². The zero-order valence-electron chi connectivity index (χ0n) is 11.6. The van der Waals surface area contributed by atoms with Crippen molar-refractivity contribution in [2.45, 2.75) is 52.1 Å². The molecule has 2 N–H and O–H groups in total. The molecule has 1 saturated heterocycles. The third-order valence-electron chi connectivity index (χ3n) is 3.51. The van der Waals surface area contributed by atoms with Crippen LogP contribution in [0.4, 0.5) is 0 Å². The fourth-order valence-corrected chi connectivity index (χ4v) is 3.56. The number of nitrogens with one attached hydrogen (secondary N) is 1. The molecule has 0 aromatic carbocycles. The van der Waals surface area contributed by atoms with Gasteiger partial charge in [-0.1, -0.05) is 20.3 Å². The number of rotatable bonds is 6. The highest BCUT2D eigenvalue weighted by Crippen LogP contribution is 2.18. The van der Waals surface area contributed by atoms with Crippen LogP contribution in [0.15, 0.2) is 0 Å². The molecule has 1 atom stereocenters. The second kappa shape index (κ2) is 6.32. The van der Waals surface area contributed by atoms with Crippen LogP contribution in [0.2, 0.25) is 0 Å². The maximum absolute atomic E-state index is 12.0. The number of hydrogen-bond donors (Lipinski definition) is 2. The summed E-state index contributed by atoms with van der Waals surface area (Å²) < 4.78 is 28.1. The molecule has 0 saturated carbocycles. The van der Waals surface area contributed by atoms with Crippen molar-refractivity contribution in [1.82, 2.24) is 9.03 Å².